The Hall–Kier alpha value is -1.59. The van der Waals surface area contributed by atoms with Crippen LogP contribution in [0.5, 0.6) is 5.88 Å². The van der Waals surface area contributed by atoms with Gasteiger partial charge in [-0.2, -0.15) is 4.98 Å². The Morgan fingerprint density at radius 1 is 1.29 bits per heavy atom. The van der Waals surface area contributed by atoms with Gasteiger partial charge < -0.3 is 9.30 Å². The molecule has 0 aliphatic heterocycles. The summed E-state index contributed by atoms with van der Waals surface area (Å²) in [6.07, 6.45) is 0. The maximum absolute atomic E-state index is 6.04. The van der Waals surface area contributed by atoms with Crippen LogP contribution >= 0.6 is 22.9 Å². The maximum Gasteiger partial charge on any atom is 0.215 e. The lowest BCUT2D eigenvalue weighted by atomic mass is 10.3. The van der Waals surface area contributed by atoms with Crippen molar-refractivity contribution in [1.82, 2.24) is 14.5 Å². The zero-order chi connectivity index (χ0) is 15.0. The van der Waals surface area contributed by atoms with Crippen molar-refractivity contribution in [2.75, 3.05) is 7.11 Å². The lowest BCUT2D eigenvalue weighted by molar-refractivity contribution is 0.399. The number of nitrogens with zero attached hydrogens (tertiary/aromatic N) is 3. The van der Waals surface area contributed by atoms with Gasteiger partial charge in [0.05, 0.1) is 19.5 Å². The van der Waals surface area contributed by atoms with E-state index in [2.05, 4.69) is 34.4 Å². The molecule has 0 saturated heterocycles. The number of imidazole rings is 1. The van der Waals surface area contributed by atoms with Crippen LogP contribution in [-0.4, -0.2) is 21.6 Å². The highest BCUT2D eigenvalue weighted by Crippen LogP contribution is 2.25. The first-order chi connectivity index (χ1) is 10.1. The predicted molar refractivity (Wildman–Crippen MR) is 86.5 cm³/mol. The minimum Gasteiger partial charge on any atom is -0.481 e. The molecule has 0 fully saturated rings. The molecule has 3 aromatic heterocycles. The smallest absolute Gasteiger partial charge is 0.215 e. The summed E-state index contributed by atoms with van der Waals surface area (Å²) in [5.74, 6) is 1.78. The van der Waals surface area contributed by atoms with Crippen LogP contribution in [0.2, 0.25) is 0 Å². The maximum atomic E-state index is 6.04. The number of halogens is 1. The average Bonchev–Trinajstić information content (AvgIpc) is 2.99. The van der Waals surface area contributed by atoms with Gasteiger partial charge in [0.1, 0.15) is 11.3 Å². The van der Waals surface area contributed by atoms with E-state index in [-0.39, 0.29) is 0 Å². The number of aromatic nitrogens is 3. The largest absolute Gasteiger partial charge is 0.481 e. The van der Waals surface area contributed by atoms with Crippen molar-refractivity contribution in [3.8, 4) is 5.88 Å². The Labute approximate surface area is 132 Å². The van der Waals surface area contributed by atoms with Gasteiger partial charge in [-0.1, -0.05) is 0 Å². The van der Waals surface area contributed by atoms with E-state index in [1.165, 1.54) is 15.3 Å². The number of methoxy groups -OCH3 is 1. The molecule has 3 aromatic rings. The quantitative estimate of drug-likeness (QED) is 0.684. The average molecular weight is 322 g/mol. The summed E-state index contributed by atoms with van der Waals surface area (Å²) in [6, 6.07) is 5.94. The van der Waals surface area contributed by atoms with Crippen molar-refractivity contribution in [1.29, 1.82) is 0 Å². The molecule has 0 aliphatic rings. The van der Waals surface area contributed by atoms with E-state index in [1.54, 1.807) is 18.4 Å². The second-order valence-corrected chi connectivity index (χ2v) is 6.50. The molecule has 6 heteroatoms. The predicted octanol–water partition coefficient (Wildman–Crippen LogP) is 3.91. The van der Waals surface area contributed by atoms with Gasteiger partial charge in [0, 0.05) is 15.8 Å². The summed E-state index contributed by atoms with van der Waals surface area (Å²) in [5.41, 5.74) is 2.97. The van der Waals surface area contributed by atoms with Crippen LogP contribution in [0.25, 0.3) is 11.2 Å². The van der Waals surface area contributed by atoms with E-state index in [0.29, 0.717) is 11.8 Å². The van der Waals surface area contributed by atoms with Crippen LogP contribution in [0.15, 0.2) is 18.2 Å². The van der Waals surface area contributed by atoms with Gasteiger partial charge in [-0.05, 0) is 31.5 Å². The van der Waals surface area contributed by atoms with Crippen molar-refractivity contribution in [3.05, 3.63) is 39.3 Å². The summed E-state index contributed by atoms with van der Waals surface area (Å²) >= 11 is 7.84. The van der Waals surface area contributed by atoms with Gasteiger partial charge in [0.2, 0.25) is 5.88 Å². The summed E-state index contributed by atoms with van der Waals surface area (Å²) in [4.78, 5) is 11.7. The SMILES string of the molecule is COc1ccc2nc(CCl)n(Cc3cc(C)c(C)s3)c2n1. The Kier molecular flexibility index (Phi) is 3.87. The van der Waals surface area contributed by atoms with Crippen molar-refractivity contribution >= 4 is 34.1 Å². The van der Waals surface area contributed by atoms with Crippen LogP contribution in [0, 0.1) is 13.8 Å². The highest BCUT2D eigenvalue weighted by molar-refractivity contribution is 7.12. The van der Waals surface area contributed by atoms with E-state index >= 15 is 0 Å². The molecule has 0 radical (unpaired) electrons. The van der Waals surface area contributed by atoms with E-state index < -0.39 is 0 Å². The molecule has 3 heterocycles. The Bertz CT molecular complexity index is 774. The van der Waals surface area contributed by atoms with E-state index in [4.69, 9.17) is 16.3 Å². The zero-order valence-corrected chi connectivity index (χ0v) is 13.8. The highest BCUT2D eigenvalue weighted by Gasteiger charge is 2.14. The summed E-state index contributed by atoms with van der Waals surface area (Å²) in [7, 11) is 1.61. The third-order valence-corrected chi connectivity index (χ3v) is 4.88. The molecule has 0 saturated carbocycles. The number of hydrogen-bond acceptors (Lipinski definition) is 4. The standard InChI is InChI=1S/C15H16ClN3OS/c1-9-6-11(21-10(9)2)8-19-13(7-16)17-12-4-5-14(20-3)18-15(12)19/h4-6H,7-8H2,1-3H3. The van der Waals surface area contributed by atoms with Crippen molar-refractivity contribution in [2.24, 2.45) is 0 Å². The Morgan fingerprint density at radius 2 is 2.10 bits per heavy atom. The van der Waals surface area contributed by atoms with Gasteiger partial charge >= 0.3 is 0 Å². The summed E-state index contributed by atoms with van der Waals surface area (Å²) < 4.78 is 7.28. The van der Waals surface area contributed by atoms with E-state index in [0.717, 1.165) is 23.5 Å². The lowest BCUT2D eigenvalue weighted by Gasteiger charge is -2.06. The van der Waals surface area contributed by atoms with E-state index in [9.17, 15) is 0 Å². The number of hydrogen-bond donors (Lipinski definition) is 0. The second-order valence-electron chi connectivity index (χ2n) is 4.90. The normalized spacial score (nSPS) is 11.2. The molecular weight excluding hydrogens is 306 g/mol. The minimum atomic E-state index is 0.363. The first kappa shape index (κ1) is 14.4. The molecule has 21 heavy (non-hydrogen) atoms. The van der Waals surface area contributed by atoms with Gasteiger partial charge in [-0.25, -0.2) is 4.98 Å². The van der Waals surface area contributed by atoms with Gasteiger partial charge in [0.15, 0.2) is 5.65 Å². The molecule has 0 bridgehead atoms. The molecule has 0 aromatic carbocycles. The van der Waals surface area contributed by atoms with Gasteiger partial charge in [-0.3, -0.25) is 0 Å². The number of fused-ring (bicyclic) bond motifs is 1. The van der Waals surface area contributed by atoms with Crippen molar-refractivity contribution in [3.63, 3.8) is 0 Å². The highest BCUT2D eigenvalue weighted by atomic mass is 35.5. The van der Waals surface area contributed by atoms with Crippen LogP contribution in [-0.2, 0) is 12.4 Å². The lowest BCUT2D eigenvalue weighted by Crippen LogP contribution is -2.03. The molecular formula is C15H16ClN3OS. The second kappa shape index (κ2) is 5.66. The molecule has 0 spiro atoms. The third-order valence-electron chi connectivity index (χ3n) is 3.51. The van der Waals surface area contributed by atoms with Crippen LogP contribution in [0.1, 0.15) is 21.1 Å². The first-order valence-electron chi connectivity index (χ1n) is 6.64. The Balaban J connectivity index is 2.10. The molecule has 0 aliphatic carbocycles. The summed E-state index contributed by atoms with van der Waals surface area (Å²) in [5, 5.41) is 0. The minimum absolute atomic E-state index is 0.363. The number of thiophene rings is 1. The number of rotatable bonds is 4. The van der Waals surface area contributed by atoms with Crippen LogP contribution < -0.4 is 4.74 Å². The molecule has 110 valence electrons. The summed E-state index contributed by atoms with van der Waals surface area (Å²) in [6.45, 7) is 5.00. The molecule has 3 rings (SSSR count). The molecule has 0 amide bonds. The molecule has 4 nitrogen and oxygen atoms in total. The molecule has 0 unspecified atom stereocenters. The van der Waals surface area contributed by atoms with Crippen LogP contribution in [0.4, 0.5) is 0 Å². The van der Waals surface area contributed by atoms with Crippen LogP contribution in [0.3, 0.4) is 0 Å². The fourth-order valence-corrected chi connectivity index (χ4v) is 3.54. The Morgan fingerprint density at radius 3 is 2.71 bits per heavy atom. The third kappa shape index (κ3) is 2.63. The topological polar surface area (TPSA) is 39.9 Å². The van der Waals surface area contributed by atoms with E-state index in [1.807, 2.05) is 12.1 Å². The molecule has 0 N–H and O–H groups in total. The van der Waals surface area contributed by atoms with Gasteiger partial charge in [0.25, 0.3) is 0 Å². The monoisotopic (exact) mass is 321 g/mol. The molecule has 0 atom stereocenters. The van der Waals surface area contributed by atoms with Crippen molar-refractivity contribution in [2.45, 2.75) is 26.3 Å². The number of aryl methyl sites for hydroxylation is 2. The number of alkyl halides is 1. The number of ether oxygens (including phenoxy) is 1. The van der Waals surface area contributed by atoms with Crippen molar-refractivity contribution < 1.29 is 4.74 Å². The fraction of sp³-hybridized carbons (Fsp3) is 0.333. The number of pyridine rings is 1. The first-order valence-corrected chi connectivity index (χ1v) is 7.99. The van der Waals surface area contributed by atoms with Gasteiger partial charge in [-0.15, -0.1) is 22.9 Å². The fourth-order valence-electron chi connectivity index (χ4n) is 2.30. The zero-order valence-electron chi connectivity index (χ0n) is 12.2.